The fraction of sp³-hybridized carbons (Fsp3) is 0.500. The van der Waals surface area contributed by atoms with Crippen LogP contribution < -0.4 is 5.32 Å². The minimum absolute atomic E-state index is 0.113. The van der Waals surface area contributed by atoms with Crippen LogP contribution in [-0.2, 0) is 9.47 Å². The lowest BCUT2D eigenvalue weighted by Gasteiger charge is -2.27. The van der Waals surface area contributed by atoms with Gasteiger partial charge in [0.2, 0.25) is 0 Å². The summed E-state index contributed by atoms with van der Waals surface area (Å²) in [6.45, 7) is 6.26. The zero-order chi connectivity index (χ0) is 16.8. The van der Waals surface area contributed by atoms with Crippen LogP contribution in [0.4, 0.5) is 4.79 Å². The molecule has 0 bridgehead atoms. The van der Waals surface area contributed by atoms with E-state index in [1.807, 2.05) is 18.2 Å². The summed E-state index contributed by atoms with van der Waals surface area (Å²) in [5.74, 6) is 0.713. The molecule has 1 aromatic rings. The van der Waals surface area contributed by atoms with Crippen molar-refractivity contribution in [3.05, 3.63) is 36.5 Å². The largest absolute Gasteiger partial charge is 0.448 e. The fourth-order valence-electron chi connectivity index (χ4n) is 2.69. The average molecular weight is 367 g/mol. The Labute approximate surface area is 149 Å². The Morgan fingerprint density at radius 2 is 2.46 bits per heavy atom. The predicted molar refractivity (Wildman–Crippen MR) is 95.9 cm³/mol. The number of rotatable bonds is 6. The van der Waals surface area contributed by atoms with E-state index in [1.54, 1.807) is 32.7 Å². The monoisotopic (exact) mass is 367 g/mol. The first-order valence-corrected chi connectivity index (χ1v) is 10.2. The van der Waals surface area contributed by atoms with Gasteiger partial charge in [0.15, 0.2) is 6.23 Å². The van der Waals surface area contributed by atoms with Gasteiger partial charge in [0.05, 0.1) is 19.2 Å². The van der Waals surface area contributed by atoms with Crippen molar-refractivity contribution in [2.24, 2.45) is 0 Å². The fourth-order valence-corrected chi connectivity index (χ4v) is 4.40. The molecule has 0 radical (unpaired) electrons. The van der Waals surface area contributed by atoms with E-state index in [1.165, 1.54) is 0 Å². The third-order valence-corrected chi connectivity index (χ3v) is 6.03. The number of ether oxygens (including phenoxy) is 2. The van der Waals surface area contributed by atoms with Gasteiger partial charge in [-0.3, -0.25) is 4.90 Å². The van der Waals surface area contributed by atoms with Gasteiger partial charge in [0.25, 0.3) is 0 Å². The first-order valence-electron chi connectivity index (χ1n) is 7.89. The van der Waals surface area contributed by atoms with Crippen LogP contribution in [0.3, 0.4) is 0 Å². The third-order valence-electron chi connectivity index (χ3n) is 3.80. The van der Waals surface area contributed by atoms with Crippen LogP contribution >= 0.6 is 21.6 Å². The Kier molecular flexibility index (Phi) is 6.42. The molecule has 2 aliphatic heterocycles. The molecule has 1 amide bonds. The van der Waals surface area contributed by atoms with Crippen molar-refractivity contribution in [2.75, 3.05) is 32.1 Å². The molecule has 3 rings (SSSR count). The highest BCUT2D eigenvalue weighted by Crippen LogP contribution is 2.28. The van der Waals surface area contributed by atoms with Gasteiger partial charge in [-0.2, -0.15) is 0 Å². The molecule has 1 unspecified atom stereocenters. The van der Waals surface area contributed by atoms with Crippen LogP contribution in [0.5, 0.6) is 0 Å². The molecule has 0 aliphatic carbocycles. The number of aromatic nitrogens is 1. The lowest BCUT2D eigenvalue weighted by atomic mass is 10.1. The van der Waals surface area contributed by atoms with E-state index in [0.29, 0.717) is 25.5 Å². The first-order chi connectivity index (χ1) is 11.7. The van der Waals surface area contributed by atoms with E-state index < -0.39 is 0 Å². The van der Waals surface area contributed by atoms with E-state index >= 15 is 0 Å². The SMILES string of the molecule is C=C1CN[C@H](C2OCCN2C(=O)OCCSSc2ccccn2)C1. The van der Waals surface area contributed by atoms with Gasteiger partial charge >= 0.3 is 6.09 Å². The molecule has 0 saturated carbocycles. The van der Waals surface area contributed by atoms with Gasteiger partial charge in [-0.25, -0.2) is 9.78 Å². The van der Waals surface area contributed by atoms with E-state index in [2.05, 4.69) is 16.9 Å². The maximum atomic E-state index is 12.3. The van der Waals surface area contributed by atoms with E-state index in [-0.39, 0.29) is 18.4 Å². The lowest BCUT2D eigenvalue weighted by molar-refractivity contribution is 0.00623. The number of hydrogen-bond donors (Lipinski definition) is 1. The number of carbonyl (C=O) groups is 1. The van der Waals surface area contributed by atoms with Gasteiger partial charge in [-0.15, -0.1) is 0 Å². The van der Waals surface area contributed by atoms with Crippen molar-refractivity contribution in [3.63, 3.8) is 0 Å². The smallest absolute Gasteiger partial charge is 0.411 e. The number of amides is 1. The normalized spacial score (nSPS) is 23.7. The molecule has 1 N–H and O–H groups in total. The minimum Gasteiger partial charge on any atom is -0.448 e. The molecule has 6 nitrogen and oxygen atoms in total. The zero-order valence-corrected chi connectivity index (χ0v) is 15.0. The lowest BCUT2D eigenvalue weighted by Crippen LogP contribution is -2.47. The van der Waals surface area contributed by atoms with Crippen molar-refractivity contribution in [1.29, 1.82) is 0 Å². The number of pyridine rings is 1. The molecule has 0 aromatic carbocycles. The summed E-state index contributed by atoms with van der Waals surface area (Å²) in [5, 5.41) is 4.29. The highest BCUT2D eigenvalue weighted by atomic mass is 33.1. The molecule has 24 heavy (non-hydrogen) atoms. The van der Waals surface area contributed by atoms with Gasteiger partial charge in [0.1, 0.15) is 11.6 Å². The molecule has 0 spiro atoms. The Balaban J connectivity index is 1.37. The summed E-state index contributed by atoms with van der Waals surface area (Å²) in [6.07, 6.45) is 2.04. The van der Waals surface area contributed by atoms with Gasteiger partial charge in [-0.1, -0.05) is 29.0 Å². The summed E-state index contributed by atoms with van der Waals surface area (Å²) in [5.41, 5.74) is 1.15. The van der Waals surface area contributed by atoms with Gasteiger partial charge in [0, 0.05) is 18.5 Å². The molecule has 130 valence electrons. The molecule has 2 atom stereocenters. The van der Waals surface area contributed by atoms with Crippen LogP contribution in [0, 0.1) is 0 Å². The Hall–Kier alpha value is -1.22. The number of carbonyl (C=O) groups excluding carboxylic acids is 1. The summed E-state index contributed by atoms with van der Waals surface area (Å²) in [7, 11) is 3.20. The zero-order valence-electron chi connectivity index (χ0n) is 13.3. The third kappa shape index (κ3) is 4.66. The quantitative estimate of drug-likeness (QED) is 0.471. The number of hydrogen-bond acceptors (Lipinski definition) is 7. The second-order valence-corrected chi connectivity index (χ2v) is 8.02. The van der Waals surface area contributed by atoms with Crippen molar-refractivity contribution in [3.8, 4) is 0 Å². The molecule has 8 heteroatoms. The van der Waals surface area contributed by atoms with Gasteiger partial charge < -0.3 is 14.8 Å². The van der Waals surface area contributed by atoms with Crippen molar-refractivity contribution >= 4 is 27.7 Å². The van der Waals surface area contributed by atoms with Crippen LogP contribution in [0.15, 0.2) is 41.6 Å². The molecule has 2 saturated heterocycles. The Morgan fingerprint density at radius 1 is 1.54 bits per heavy atom. The topological polar surface area (TPSA) is 63.7 Å². The molecular weight excluding hydrogens is 346 g/mol. The first kappa shape index (κ1) is 17.6. The highest BCUT2D eigenvalue weighted by molar-refractivity contribution is 8.76. The maximum absolute atomic E-state index is 12.3. The number of nitrogens with one attached hydrogen (secondary N) is 1. The summed E-state index contributed by atoms with van der Waals surface area (Å²) < 4.78 is 11.1. The highest BCUT2D eigenvalue weighted by Gasteiger charge is 2.38. The van der Waals surface area contributed by atoms with Crippen molar-refractivity contribution in [1.82, 2.24) is 15.2 Å². The molecule has 2 fully saturated rings. The summed E-state index contributed by atoms with van der Waals surface area (Å²) >= 11 is 0. The van der Waals surface area contributed by atoms with Crippen LogP contribution in [-0.4, -0.2) is 60.3 Å². The molecule has 2 aliphatic rings. The van der Waals surface area contributed by atoms with Crippen LogP contribution in [0.1, 0.15) is 6.42 Å². The van der Waals surface area contributed by atoms with Gasteiger partial charge in [-0.05, 0) is 29.3 Å². The van der Waals surface area contributed by atoms with E-state index in [4.69, 9.17) is 9.47 Å². The van der Waals surface area contributed by atoms with E-state index in [9.17, 15) is 4.79 Å². The second-order valence-electron chi connectivity index (χ2n) is 5.58. The molecule has 1 aromatic heterocycles. The second kappa shape index (κ2) is 8.75. The maximum Gasteiger partial charge on any atom is 0.411 e. The summed E-state index contributed by atoms with van der Waals surface area (Å²) in [4.78, 5) is 18.2. The average Bonchev–Trinajstić information content (AvgIpc) is 3.24. The minimum atomic E-state index is -0.305. The number of nitrogens with zero attached hydrogens (tertiary/aromatic N) is 2. The molecular formula is C16H21N3O3S2. The molecule has 3 heterocycles. The van der Waals surface area contributed by atoms with Crippen LogP contribution in [0.2, 0.25) is 0 Å². The van der Waals surface area contributed by atoms with Crippen molar-refractivity contribution < 1.29 is 14.3 Å². The summed E-state index contributed by atoms with van der Waals surface area (Å²) in [6, 6.07) is 5.91. The van der Waals surface area contributed by atoms with Crippen molar-refractivity contribution in [2.45, 2.75) is 23.7 Å². The standard InChI is InChI=1S/C16H21N3O3S2/c1-12-10-13(18-11-12)15-19(6-7-21-15)16(20)22-8-9-23-24-14-4-2-3-5-17-14/h2-5,13,15,18H,1,6-11H2/t13-,15?/m0/s1. The Morgan fingerprint density at radius 3 is 3.21 bits per heavy atom. The Bertz CT molecular complexity index is 573. The van der Waals surface area contributed by atoms with Crippen LogP contribution in [0.25, 0.3) is 0 Å². The van der Waals surface area contributed by atoms with E-state index in [0.717, 1.165) is 23.6 Å². The predicted octanol–water partition coefficient (Wildman–Crippen LogP) is 2.53.